The SMILES string of the molecule is CC[C@@H](NC(=O)c1cc(F)ccc1N)C(=O)O. The second-order valence-electron chi connectivity index (χ2n) is 3.50. The van der Waals surface area contributed by atoms with E-state index in [2.05, 4.69) is 5.32 Å². The molecule has 1 rings (SSSR count). The second kappa shape index (κ2) is 5.29. The average molecular weight is 240 g/mol. The zero-order valence-corrected chi connectivity index (χ0v) is 9.24. The molecule has 5 nitrogen and oxygen atoms in total. The molecule has 1 amide bonds. The van der Waals surface area contributed by atoms with Gasteiger partial charge in [-0.15, -0.1) is 0 Å². The van der Waals surface area contributed by atoms with Crippen molar-refractivity contribution in [1.29, 1.82) is 0 Å². The minimum atomic E-state index is -1.14. The number of nitrogens with one attached hydrogen (secondary N) is 1. The number of carboxylic acid groups (broad SMARTS) is 1. The Hall–Kier alpha value is -2.11. The van der Waals surface area contributed by atoms with E-state index >= 15 is 0 Å². The van der Waals surface area contributed by atoms with Crippen LogP contribution in [0, 0.1) is 5.82 Å². The van der Waals surface area contributed by atoms with E-state index in [1.807, 2.05) is 0 Å². The van der Waals surface area contributed by atoms with Gasteiger partial charge in [-0.05, 0) is 24.6 Å². The number of nitrogen functional groups attached to an aromatic ring is 1. The van der Waals surface area contributed by atoms with Crippen LogP contribution in [0.4, 0.5) is 10.1 Å². The van der Waals surface area contributed by atoms with Crippen LogP contribution in [-0.4, -0.2) is 23.0 Å². The highest BCUT2D eigenvalue weighted by Gasteiger charge is 2.19. The summed E-state index contributed by atoms with van der Waals surface area (Å²) in [5.74, 6) is -2.44. The minimum Gasteiger partial charge on any atom is -0.480 e. The summed E-state index contributed by atoms with van der Waals surface area (Å²) >= 11 is 0. The molecule has 92 valence electrons. The molecule has 0 saturated heterocycles. The largest absolute Gasteiger partial charge is 0.480 e. The first-order valence-corrected chi connectivity index (χ1v) is 5.04. The van der Waals surface area contributed by atoms with Crippen molar-refractivity contribution in [3.63, 3.8) is 0 Å². The molecular formula is C11H13FN2O3. The van der Waals surface area contributed by atoms with Gasteiger partial charge in [0.25, 0.3) is 5.91 Å². The summed E-state index contributed by atoms with van der Waals surface area (Å²) in [6.45, 7) is 1.62. The first-order chi connectivity index (χ1) is 7.95. The fourth-order valence-electron chi connectivity index (χ4n) is 1.30. The summed E-state index contributed by atoms with van der Waals surface area (Å²) < 4.78 is 12.9. The van der Waals surface area contributed by atoms with Crippen LogP contribution in [0.5, 0.6) is 0 Å². The lowest BCUT2D eigenvalue weighted by atomic mass is 10.1. The molecule has 0 unspecified atom stereocenters. The third-order valence-corrected chi connectivity index (χ3v) is 2.27. The molecule has 17 heavy (non-hydrogen) atoms. The average Bonchev–Trinajstić information content (AvgIpc) is 2.28. The van der Waals surface area contributed by atoms with E-state index in [0.717, 1.165) is 12.1 Å². The van der Waals surface area contributed by atoms with Crippen LogP contribution in [0.2, 0.25) is 0 Å². The van der Waals surface area contributed by atoms with E-state index in [9.17, 15) is 14.0 Å². The summed E-state index contributed by atoms with van der Waals surface area (Å²) in [6, 6.07) is 2.34. The van der Waals surface area contributed by atoms with E-state index in [1.54, 1.807) is 6.92 Å². The monoisotopic (exact) mass is 240 g/mol. The molecule has 0 radical (unpaired) electrons. The van der Waals surface area contributed by atoms with E-state index in [0.29, 0.717) is 0 Å². The zero-order valence-electron chi connectivity index (χ0n) is 9.24. The highest BCUT2D eigenvalue weighted by atomic mass is 19.1. The number of rotatable bonds is 4. The number of anilines is 1. The van der Waals surface area contributed by atoms with Gasteiger partial charge < -0.3 is 16.2 Å². The molecule has 0 bridgehead atoms. The number of carboxylic acids is 1. The molecule has 0 aromatic heterocycles. The first-order valence-electron chi connectivity index (χ1n) is 5.04. The Morgan fingerprint density at radius 3 is 2.71 bits per heavy atom. The van der Waals surface area contributed by atoms with E-state index < -0.39 is 23.7 Å². The lowest BCUT2D eigenvalue weighted by Crippen LogP contribution is -2.40. The summed E-state index contributed by atoms with van der Waals surface area (Å²) in [4.78, 5) is 22.4. The Bertz CT molecular complexity index is 448. The number of aliphatic carboxylic acids is 1. The molecule has 1 aromatic rings. The summed E-state index contributed by atoms with van der Waals surface area (Å²) in [6.07, 6.45) is 0.232. The van der Waals surface area contributed by atoms with Crippen LogP contribution < -0.4 is 11.1 Å². The second-order valence-corrected chi connectivity index (χ2v) is 3.50. The Balaban J connectivity index is 2.89. The molecule has 4 N–H and O–H groups in total. The Morgan fingerprint density at radius 1 is 1.53 bits per heavy atom. The van der Waals surface area contributed by atoms with E-state index in [-0.39, 0.29) is 17.7 Å². The van der Waals surface area contributed by atoms with Crippen LogP contribution in [-0.2, 0) is 4.79 Å². The number of amides is 1. The molecule has 0 fully saturated rings. The molecule has 0 aliphatic heterocycles. The number of carbonyl (C=O) groups is 2. The van der Waals surface area contributed by atoms with Crippen molar-refractivity contribution in [2.24, 2.45) is 0 Å². The van der Waals surface area contributed by atoms with Crippen molar-refractivity contribution in [1.82, 2.24) is 5.32 Å². The zero-order chi connectivity index (χ0) is 13.0. The number of benzene rings is 1. The van der Waals surface area contributed by atoms with Crippen LogP contribution in [0.3, 0.4) is 0 Å². The summed E-state index contributed by atoms with van der Waals surface area (Å²) in [7, 11) is 0. The van der Waals surface area contributed by atoms with Crippen molar-refractivity contribution in [3.05, 3.63) is 29.6 Å². The van der Waals surface area contributed by atoms with Crippen LogP contribution in [0.25, 0.3) is 0 Å². The molecule has 1 atom stereocenters. The van der Waals surface area contributed by atoms with Gasteiger partial charge >= 0.3 is 5.97 Å². The highest BCUT2D eigenvalue weighted by Crippen LogP contribution is 2.13. The molecule has 0 aliphatic rings. The maximum atomic E-state index is 12.9. The molecule has 6 heteroatoms. The first kappa shape index (κ1) is 13.0. The molecule has 0 heterocycles. The van der Waals surface area contributed by atoms with E-state index in [1.165, 1.54) is 6.07 Å². The van der Waals surface area contributed by atoms with Crippen LogP contribution in [0.15, 0.2) is 18.2 Å². The molecule has 0 saturated carbocycles. The van der Waals surface area contributed by atoms with Gasteiger partial charge in [-0.25, -0.2) is 9.18 Å². The number of halogens is 1. The maximum Gasteiger partial charge on any atom is 0.326 e. The molecule has 0 aliphatic carbocycles. The number of hydrogen-bond donors (Lipinski definition) is 3. The van der Waals surface area contributed by atoms with Gasteiger partial charge in [0.05, 0.1) is 5.56 Å². The van der Waals surface area contributed by atoms with Gasteiger partial charge in [-0.2, -0.15) is 0 Å². The van der Waals surface area contributed by atoms with Crippen molar-refractivity contribution >= 4 is 17.6 Å². The lowest BCUT2D eigenvalue weighted by molar-refractivity contribution is -0.139. The normalized spacial score (nSPS) is 11.9. The van der Waals surface area contributed by atoms with Gasteiger partial charge in [-0.3, -0.25) is 4.79 Å². The van der Waals surface area contributed by atoms with Gasteiger partial charge in [0, 0.05) is 5.69 Å². The molecular weight excluding hydrogens is 227 g/mol. The predicted octanol–water partition coefficient (Wildman–Crippen LogP) is 1.00. The number of hydrogen-bond acceptors (Lipinski definition) is 3. The van der Waals surface area contributed by atoms with Crippen molar-refractivity contribution in [2.45, 2.75) is 19.4 Å². The van der Waals surface area contributed by atoms with Crippen LogP contribution >= 0.6 is 0 Å². The van der Waals surface area contributed by atoms with Gasteiger partial charge in [0.15, 0.2) is 0 Å². The van der Waals surface area contributed by atoms with Crippen molar-refractivity contribution < 1.29 is 19.1 Å². The smallest absolute Gasteiger partial charge is 0.326 e. The minimum absolute atomic E-state index is 0.0651. The Morgan fingerprint density at radius 2 is 2.18 bits per heavy atom. The molecule has 1 aromatic carbocycles. The summed E-state index contributed by atoms with van der Waals surface area (Å²) in [5.41, 5.74) is 5.54. The maximum absolute atomic E-state index is 12.9. The van der Waals surface area contributed by atoms with Crippen molar-refractivity contribution in [3.8, 4) is 0 Å². The third-order valence-electron chi connectivity index (χ3n) is 2.27. The van der Waals surface area contributed by atoms with Crippen molar-refractivity contribution in [2.75, 3.05) is 5.73 Å². The third kappa shape index (κ3) is 3.17. The molecule has 0 spiro atoms. The highest BCUT2D eigenvalue weighted by molar-refractivity contribution is 6.00. The fourth-order valence-corrected chi connectivity index (χ4v) is 1.30. The summed E-state index contributed by atoms with van der Waals surface area (Å²) in [5, 5.41) is 11.0. The Labute approximate surface area is 97.4 Å². The van der Waals surface area contributed by atoms with E-state index in [4.69, 9.17) is 10.8 Å². The lowest BCUT2D eigenvalue weighted by Gasteiger charge is -2.13. The van der Waals surface area contributed by atoms with Gasteiger partial charge in [0.2, 0.25) is 0 Å². The topological polar surface area (TPSA) is 92.4 Å². The predicted molar refractivity (Wildman–Crippen MR) is 60.0 cm³/mol. The quantitative estimate of drug-likeness (QED) is 0.684. The Kier molecular flexibility index (Phi) is 4.03. The van der Waals surface area contributed by atoms with Gasteiger partial charge in [0.1, 0.15) is 11.9 Å². The van der Waals surface area contributed by atoms with Gasteiger partial charge in [-0.1, -0.05) is 6.92 Å². The number of carbonyl (C=O) groups excluding carboxylic acids is 1. The number of nitrogens with two attached hydrogens (primary N) is 1. The standard InChI is InChI=1S/C11H13FN2O3/c1-2-9(11(16)17)14-10(15)7-5-6(12)3-4-8(7)13/h3-5,9H,2,13H2,1H3,(H,14,15)(H,16,17)/t9-/m1/s1. The van der Waals surface area contributed by atoms with Crippen LogP contribution in [0.1, 0.15) is 23.7 Å². The fraction of sp³-hybridized carbons (Fsp3) is 0.273.